The van der Waals surface area contributed by atoms with Crippen LogP contribution in [0.4, 0.5) is 0 Å². The number of hydrogen-bond donors (Lipinski definition) is 2. The number of carboxylic acid groups (broad SMARTS) is 2. The van der Waals surface area contributed by atoms with Crippen LogP contribution in [0.15, 0.2) is 48.5 Å². The molecule has 4 nitrogen and oxygen atoms in total. The molecule has 4 heteroatoms. The summed E-state index contributed by atoms with van der Waals surface area (Å²) in [5, 5.41) is 18.8. The molecule has 0 saturated heterocycles. The minimum Gasteiger partial charge on any atom is -0.481 e. The van der Waals surface area contributed by atoms with Gasteiger partial charge < -0.3 is 10.2 Å². The Labute approximate surface area is 147 Å². The van der Waals surface area contributed by atoms with Gasteiger partial charge in [-0.25, -0.2) is 0 Å². The molecule has 2 aromatic carbocycles. The Balaban J connectivity index is 2.30. The van der Waals surface area contributed by atoms with E-state index in [1.165, 1.54) is 0 Å². The van der Waals surface area contributed by atoms with E-state index in [2.05, 4.69) is 0 Å². The number of benzene rings is 2. The second-order valence-electron chi connectivity index (χ2n) is 6.96. The standard InChI is InChI=1S/C21H22O4/c1-13(11-19(22)23)21(14(2)12-20(24)25)17-9-5-3-7-15(17)16-8-4-6-10-18(16)21/h3-10,13-14H,11-12H2,1-2H3,(H,22,23)(H,24,25). The average Bonchev–Trinajstić information content (AvgIpc) is 2.85. The smallest absolute Gasteiger partial charge is 0.303 e. The molecule has 130 valence electrons. The van der Waals surface area contributed by atoms with Crippen molar-refractivity contribution in [2.24, 2.45) is 11.8 Å². The fourth-order valence-electron chi connectivity index (χ4n) is 4.70. The van der Waals surface area contributed by atoms with Crippen LogP contribution in [-0.4, -0.2) is 22.2 Å². The Morgan fingerprint density at radius 2 is 1.16 bits per heavy atom. The van der Waals surface area contributed by atoms with Crippen molar-refractivity contribution in [1.29, 1.82) is 0 Å². The molecule has 1 aliphatic carbocycles. The fraction of sp³-hybridized carbons (Fsp3) is 0.333. The highest BCUT2D eigenvalue weighted by atomic mass is 16.4. The van der Waals surface area contributed by atoms with Crippen LogP contribution in [0.25, 0.3) is 11.1 Å². The summed E-state index contributed by atoms with van der Waals surface area (Å²) in [5.41, 5.74) is 3.61. The van der Waals surface area contributed by atoms with Gasteiger partial charge >= 0.3 is 11.9 Å². The molecule has 2 aromatic rings. The molecule has 0 aliphatic heterocycles. The molecular weight excluding hydrogens is 316 g/mol. The van der Waals surface area contributed by atoms with E-state index in [0.29, 0.717) is 0 Å². The minimum absolute atomic E-state index is 0.00731. The third-order valence-corrected chi connectivity index (χ3v) is 5.55. The van der Waals surface area contributed by atoms with Crippen LogP contribution in [0.3, 0.4) is 0 Å². The van der Waals surface area contributed by atoms with E-state index in [0.717, 1.165) is 22.3 Å². The number of hydrogen-bond acceptors (Lipinski definition) is 2. The maximum atomic E-state index is 11.5. The van der Waals surface area contributed by atoms with Crippen molar-refractivity contribution in [2.45, 2.75) is 32.1 Å². The molecule has 0 amide bonds. The van der Waals surface area contributed by atoms with Gasteiger partial charge in [-0.3, -0.25) is 9.59 Å². The largest absolute Gasteiger partial charge is 0.481 e. The van der Waals surface area contributed by atoms with Gasteiger partial charge in [-0.1, -0.05) is 62.4 Å². The molecule has 0 radical (unpaired) electrons. The molecule has 0 fully saturated rings. The fourth-order valence-corrected chi connectivity index (χ4v) is 4.70. The predicted molar refractivity (Wildman–Crippen MR) is 95.5 cm³/mol. The van der Waals surface area contributed by atoms with E-state index in [4.69, 9.17) is 0 Å². The summed E-state index contributed by atoms with van der Waals surface area (Å²) in [7, 11) is 0. The van der Waals surface area contributed by atoms with Crippen LogP contribution in [-0.2, 0) is 15.0 Å². The third kappa shape index (κ3) is 2.62. The first-order valence-electron chi connectivity index (χ1n) is 8.52. The van der Waals surface area contributed by atoms with Crippen molar-refractivity contribution in [3.05, 3.63) is 59.7 Å². The second kappa shape index (κ2) is 6.36. The summed E-state index contributed by atoms with van der Waals surface area (Å²) in [6.45, 7) is 3.84. The summed E-state index contributed by atoms with van der Waals surface area (Å²) in [6.07, 6.45) is -0.0146. The number of carbonyl (C=O) groups is 2. The summed E-state index contributed by atoms with van der Waals surface area (Å²) in [5.74, 6) is -2.19. The van der Waals surface area contributed by atoms with Crippen LogP contribution < -0.4 is 0 Å². The zero-order chi connectivity index (χ0) is 18.2. The summed E-state index contributed by atoms with van der Waals surface area (Å²) in [4.78, 5) is 22.9. The topological polar surface area (TPSA) is 74.6 Å². The highest BCUT2D eigenvalue weighted by Crippen LogP contribution is 2.57. The van der Waals surface area contributed by atoms with Gasteiger partial charge in [0.2, 0.25) is 0 Å². The molecule has 2 unspecified atom stereocenters. The van der Waals surface area contributed by atoms with E-state index >= 15 is 0 Å². The van der Waals surface area contributed by atoms with E-state index in [1.54, 1.807) is 0 Å². The Morgan fingerprint density at radius 3 is 1.52 bits per heavy atom. The lowest BCUT2D eigenvalue weighted by Crippen LogP contribution is -2.41. The van der Waals surface area contributed by atoms with Crippen LogP contribution in [0.2, 0.25) is 0 Å². The first-order valence-corrected chi connectivity index (χ1v) is 8.52. The van der Waals surface area contributed by atoms with Crippen molar-refractivity contribution in [2.75, 3.05) is 0 Å². The molecule has 0 heterocycles. The summed E-state index contributed by atoms with van der Waals surface area (Å²) >= 11 is 0. The number of carboxylic acids is 2. The molecule has 2 atom stereocenters. The van der Waals surface area contributed by atoms with Crippen molar-refractivity contribution >= 4 is 11.9 Å². The summed E-state index contributed by atoms with van der Waals surface area (Å²) < 4.78 is 0. The van der Waals surface area contributed by atoms with E-state index in [9.17, 15) is 19.8 Å². The van der Waals surface area contributed by atoms with Crippen molar-refractivity contribution in [1.82, 2.24) is 0 Å². The number of fused-ring (bicyclic) bond motifs is 3. The average molecular weight is 338 g/mol. The van der Waals surface area contributed by atoms with E-state index in [1.807, 2.05) is 62.4 Å². The normalized spacial score (nSPS) is 16.6. The number of rotatable bonds is 6. The van der Waals surface area contributed by atoms with Crippen LogP contribution in [0, 0.1) is 11.8 Å². The Hall–Kier alpha value is -2.62. The molecule has 3 rings (SSSR count). The summed E-state index contributed by atoms with van der Waals surface area (Å²) in [6, 6.07) is 15.9. The van der Waals surface area contributed by atoms with Gasteiger partial charge in [0.1, 0.15) is 0 Å². The van der Waals surface area contributed by atoms with Gasteiger partial charge in [0.05, 0.1) is 0 Å². The molecule has 1 aliphatic rings. The maximum absolute atomic E-state index is 11.5. The molecule has 25 heavy (non-hydrogen) atoms. The molecular formula is C21H22O4. The first kappa shape index (κ1) is 17.2. The molecule has 2 N–H and O–H groups in total. The first-order chi connectivity index (χ1) is 11.9. The quantitative estimate of drug-likeness (QED) is 0.829. The Morgan fingerprint density at radius 1 is 0.800 bits per heavy atom. The lowest BCUT2D eigenvalue weighted by atomic mass is 9.60. The van der Waals surface area contributed by atoms with Crippen LogP contribution in [0.1, 0.15) is 37.8 Å². The van der Waals surface area contributed by atoms with Gasteiger partial charge in [0.15, 0.2) is 0 Å². The molecule has 0 saturated carbocycles. The van der Waals surface area contributed by atoms with Gasteiger partial charge in [-0.15, -0.1) is 0 Å². The van der Waals surface area contributed by atoms with Crippen molar-refractivity contribution in [3.63, 3.8) is 0 Å². The monoisotopic (exact) mass is 338 g/mol. The minimum atomic E-state index is -0.865. The van der Waals surface area contributed by atoms with Gasteiger partial charge in [0, 0.05) is 18.3 Å². The second-order valence-corrected chi connectivity index (χ2v) is 6.96. The molecule has 0 spiro atoms. The lowest BCUT2D eigenvalue weighted by molar-refractivity contribution is -0.139. The van der Waals surface area contributed by atoms with Crippen LogP contribution >= 0.6 is 0 Å². The zero-order valence-corrected chi connectivity index (χ0v) is 14.4. The van der Waals surface area contributed by atoms with Crippen LogP contribution in [0.5, 0.6) is 0 Å². The predicted octanol–water partition coefficient (Wildman–Crippen LogP) is 4.17. The Bertz CT molecular complexity index is 755. The van der Waals surface area contributed by atoms with Gasteiger partial charge in [0.25, 0.3) is 0 Å². The van der Waals surface area contributed by atoms with Gasteiger partial charge in [-0.05, 0) is 34.1 Å². The molecule has 0 aromatic heterocycles. The highest BCUT2D eigenvalue weighted by Gasteiger charge is 2.51. The SMILES string of the molecule is CC(CC(=O)O)C1(C(C)CC(=O)O)c2ccccc2-c2ccccc21. The maximum Gasteiger partial charge on any atom is 0.303 e. The third-order valence-electron chi connectivity index (χ3n) is 5.55. The van der Waals surface area contributed by atoms with Crippen molar-refractivity contribution in [3.8, 4) is 11.1 Å². The zero-order valence-electron chi connectivity index (χ0n) is 14.4. The van der Waals surface area contributed by atoms with E-state index in [-0.39, 0.29) is 24.7 Å². The highest BCUT2D eigenvalue weighted by molar-refractivity contribution is 5.82. The Kier molecular flexibility index (Phi) is 4.38. The van der Waals surface area contributed by atoms with E-state index < -0.39 is 17.4 Å². The number of aliphatic carboxylic acids is 2. The molecule has 0 bridgehead atoms. The lowest BCUT2D eigenvalue weighted by Gasteiger charge is -2.42. The van der Waals surface area contributed by atoms with Gasteiger partial charge in [-0.2, -0.15) is 0 Å². The van der Waals surface area contributed by atoms with Crippen molar-refractivity contribution < 1.29 is 19.8 Å².